The van der Waals surface area contributed by atoms with Crippen molar-refractivity contribution in [2.45, 2.75) is 0 Å². The van der Waals surface area contributed by atoms with Crippen LogP contribution in [0.3, 0.4) is 0 Å². The Morgan fingerprint density at radius 2 is 0.966 bits per heavy atom. The lowest BCUT2D eigenvalue weighted by molar-refractivity contribution is 1.62. The molecule has 29 heavy (non-hydrogen) atoms. The standard InChI is InChI=1S/C26H15Br2Cl/c27-18-12-8-16(9-13-18)24-20-4-1-2-5-21(20)25(17-10-14-19(28)15-11-17)26-22(24)6-3-7-23(26)29/h1-15H. The molecule has 0 aromatic heterocycles. The summed E-state index contributed by atoms with van der Waals surface area (Å²) in [6, 6.07) is 31.7. The molecule has 3 heteroatoms. The van der Waals surface area contributed by atoms with Crippen LogP contribution < -0.4 is 0 Å². The third-order valence-corrected chi connectivity index (χ3v) is 6.64. The van der Waals surface area contributed by atoms with Crippen LogP contribution in [0.2, 0.25) is 5.02 Å². The van der Waals surface area contributed by atoms with Gasteiger partial charge in [0.05, 0.1) is 0 Å². The van der Waals surface area contributed by atoms with Crippen molar-refractivity contribution in [1.29, 1.82) is 0 Å². The molecule has 0 heterocycles. The molecule has 0 N–H and O–H groups in total. The lowest BCUT2D eigenvalue weighted by atomic mass is 9.86. The minimum atomic E-state index is 0.768. The molecule has 5 aromatic rings. The van der Waals surface area contributed by atoms with Crippen molar-refractivity contribution in [3.63, 3.8) is 0 Å². The summed E-state index contributed by atoms with van der Waals surface area (Å²) in [5.41, 5.74) is 4.73. The Labute approximate surface area is 191 Å². The average Bonchev–Trinajstić information content (AvgIpc) is 2.74. The first-order valence-corrected chi connectivity index (χ1v) is 11.2. The second-order valence-corrected chi connectivity index (χ2v) is 9.21. The maximum absolute atomic E-state index is 6.81. The van der Waals surface area contributed by atoms with Crippen LogP contribution in [0.15, 0.2) is 99.9 Å². The number of hydrogen-bond acceptors (Lipinski definition) is 0. The first-order chi connectivity index (χ1) is 14.1. The fourth-order valence-electron chi connectivity index (χ4n) is 4.03. The SMILES string of the molecule is Clc1cccc2c(-c3ccc(Br)cc3)c3ccccc3c(-c3ccc(Br)cc3)c12. The summed E-state index contributed by atoms with van der Waals surface area (Å²) in [6.07, 6.45) is 0. The number of fused-ring (bicyclic) bond motifs is 2. The molecule has 0 aliphatic carbocycles. The molecule has 0 saturated heterocycles. The van der Waals surface area contributed by atoms with Gasteiger partial charge in [-0.3, -0.25) is 0 Å². The van der Waals surface area contributed by atoms with Gasteiger partial charge in [0, 0.05) is 19.4 Å². The minimum absolute atomic E-state index is 0.768. The number of halogens is 3. The summed E-state index contributed by atoms with van der Waals surface area (Å²) in [6.45, 7) is 0. The summed E-state index contributed by atoms with van der Waals surface area (Å²) in [5, 5.41) is 5.45. The van der Waals surface area contributed by atoms with E-state index in [1.165, 1.54) is 27.5 Å². The van der Waals surface area contributed by atoms with E-state index in [2.05, 4.69) is 111 Å². The third-order valence-electron chi connectivity index (χ3n) is 5.26. The minimum Gasteiger partial charge on any atom is -0.0836 e. The average molecular weight is 523 g/mol. The van der Waals surface area contributed by atoms with Gasteiger partial charge in [-0.05, 0) is 68.7 Å². The van der Waals surface area contributed by atoms with Crippen molar-refractivity contribution in [2.24, 2.45) is 0 Å². The van der Waals surface area contributed by atoms with E-state index in [0.717, 1.165) is 30.3 Å². The lowest BCUT2D eigenvalue weighted by Gasteiger charge is -2.18. The van der Waals surface area contributed by atoms with Gasteiger partial charge in [-0.1, -0.05) is 104 Å². The van der Waals surface area contributed by atoms with Gasteiger partial charge in [0.15, 0.2) is 0 Å². The molecule has 0 unspecified atom stereocenters. The van der Waals surface area contributed by atoms with Gasteiger partial charge in [-0.15, -0.1) is 0 Å². The summed E-state index contributed by atoms with van der Waals surface area (Å²) < 4.78 is 2.13. The largest absolute Gasteiger partial charge is 0.0836 e. The predicted molar refractivity (Wildman–Crippen MR) is 133 cm³/mol. The fraction of sp³-hybridized carbons (Fsp3) is 0. The molecular weight excluding hydrogens is 508 g/mol. The molecule has 0 amide bonds. The quantitative estimate of drug-likeness (QED) is 0.203. The van der Waals surface area contributed by atoms with Gasteiger partial charge >= 0.3 is 0 Å². The molecule has 5 rings (SSSR count). The van der Waals surface area contributed by atoms with E-state index in [1.807, 2.05) is 12.1 Å². The molecule has 5 aromatic carbocycles. The molecule has 0 nitrogen and oxygen atoms in total. The van der Waals surface area contributed by atoms with Crippen LogP contribution in [-0.2, 0) is 0 Å². The second-order valence-electron chi connectivity index (χ2n) is 6.97. The first-order valence-electron chi connectivity index (χ1n) is 9.28. The highest BCUT2D eigenvalue weighted by molar-refractivity contribution is 9.10. The third kappa shape index (κ3) is 3.30. The molecule has 0 aliphatic heterocycles. The van der Waals surface area contributed by atoms with Crippen molar-refractivity contribution >= 4 is 65.0 Å². The van der Waals surface area contributed by atoms with Gasteiger partial charge in [0.2, 0.25) is 0 Å². The number of hydrogen-bond donors (Lipinski definition) is 0. The Hall–Kier alpha value is -2.13. The predicted octanol–water partition coefficient (Wildman–Crippen LogP) is 9.51. The van der Waals surface area contributed by atoms with Gasteiger partial charge < -0.3 is 0 Å². The zero-order valence-electron chi connectivity index (χ0n) is 15.3. The second kappa shape index (κ2) is 7.60. The molecule has 0 bridgehead atoms. The van der Waals surface area contributed by atoms with E-state index >= 15 is 0 Å². The van der Waals surface area contributed by atoms with Crippen LogP contribution in [0.25, 0.3) is 43.8 Å². The van der Waals surface area contributed by atoms with E-state index in [0.29, 0.717) is 0 Å². The van der Waals surface area contributed by atoms with Crippen LogP contribution in [0.1, 0.15) is 0 Å². The van der Waals surface area contributed by atoms with E-state index in [4.69, 9.17) is 11.6 Å². The van der Waals surface area contributed by atoms with Gasteiger partial charge in [0.25, 0.3) is 0 Å². The molecule has 0 aliphatic rings. The number of benzene rings is 5. The molecular formula is C26H15Br2Cl. The molecule has 0 radical (unpaired) electrons. The van der Waals surface area contributed by atoms with Gasteiger partial charge in [-0.25, -0.2) is 0 Å². The van der Waals surface area contributed by atoms with E-state index in [-0.39, 0.29) is 0 Å². The topological polar surface area (TPSA) is 0 Å². The molecule has 0 atom stereocenters. The van der Waals surface area contributed by atoms with Gasteiger partial charge in [0.1, 0.15) is 0 Å². The summed E-state index contributed by atoms with van der Waals surface area (Å²) in [7, 11) is 0. The van der Waals surface area contributed by atoms with Crippen molar-refractivity contribution in [3.05, 3.63) is 105 Å². The summed E-state index contributed by atoms with van der Waals surface area (Å²) in [5.74, 6) is 0. The van der Waals surface area contributed by atoms with E-state index in [9.17, 15) is 0 Å². The smallest absolute Gasteiger partial charge is 0.0491 e. The first kappa shape index (κ1) is 18.9. The Balaban J connectivity index is 2.00. The zero-order valence-corrected chi connectivity index (χ0v) is 19.2. The van der Waals surface area contributed by atoms with Crippen molar-refractivity contribution in [3.8, 4) is 22.3 Å². The van der Waals surface area contributed by atoms with Crippen LogP contribution in [0, 0.1) is 0 Å². The lowest BCUT2D eigenvalue weighted by Crippen LogP contribution is -1.91. The van der Waals surface area contributed by atoms with Crippen molar-refractivity contribution in [1.82, 2.24) is 0 Å². The highest BCUT2D eigenvalue weighted by Gasteiger charge is 2.18. The molecule has 0 fully saturated rings. The summed E-state index contributed by atoms with van der Waals surface area (Å²) >= 11 is 13.9. The molecule has 0 spiro atoms. The molecule has 140 valence electrons. The van der Waals surface area contributed by atoms with Crippen molar-refractivity contribution < 1.29 is 0 Å². The van der Waals surface area contributed by atoms with Gasteiger partial charge in [-0.2, -0.15) is 0 Å². The van der Waals surface area contributed by atoms with Crippen LogP contribution >= 0.6 is 43.5 Å². The Bertz CT molecular complexity index is 1350. The summed E-state index contributed by atoms with van der Waals surface area (Å²) in [4.78, 5) is 0. The Morgan fingerprint density at radius 1 is 0.483 bits per heavy atom. The monoisotopic (exact) mass is 520 g/mol. The maximum atomic E-state index is 6.81. The maximum Gasteiger partial charge on any atom is 0.0491 e. The fourth-order valence-corrected chi connectivity index (χ4v) is 4.83. The normalized spacial score (nSPS) is 11.3. The van der Waals surface area contributed by atoms with Crippen LogP contribution in [0.4, 0.5) is 0 Å². The van der Waals surface area contributed by atoms with E-state index < -0.39 is 0 Å². The van der Waals surface area contributed by atoms with Crippen LogP contribution in [-0.4, -0.2) is 0 Å². The van der Waals surface area contributed by atoms with Crippen molar-refractivity contribution in [2.75, 3.05) is 0 Å². The molecule has 0 saturated carbocycles. The Kier molecular flexibility index (Phi) is 4.95. The number of rotatable bonds is 2. The Morgan fingerprint density at radius 3 is 1.55 bits per heavy atom. The van der Waals surface area contributed by atoms with E-state index in [1.54, 1.807) is 0 Å². The van der Waals surface area contributed by atoms with Crippen LogP contribution in [0.5, 0.6) is 0 Å². The highest BCUT2D eigenvalue weighted by atomic mass is 79.9. The highest BCUT2D eigenvalue weighted by Crippen LogP contribution is 2.46. The zero-order chi connectivity index (χ0) is 20.0.